The lowest BCUT2D eigenvalue weighted by atomic mass is 10.1. The van der Waals surface area contributed by atoms with Gasteiger partial charge in [-0.3, -0.25) is 9.59 Å². The lowest BCUT2D eigenvalue weighted by molar-refractivity contribution is -0.114. The van der Waals surface area contributed by atoms with Crippen LogP contribution in [0.5, 0.6) is 5.75 Å². The summed E-state index contributed by atoms with van der Waals surface area (Å²) in [6, 6.07) is 5.82. The highest BCUT2D eigenvalue weighted by atomic mass is 32.2. The van der Waals surface area contributed by atoms with Crippen LogP contribution in [0, 0.1) is 11.8 Å². The van der Waals surface area contributed by atoms with Crippen LogP contribution in [-0.2, 0) is 21.1 Å². The minimum absolute atomic E-state index is 0.00650. The molecule has 1 aromatic rings. The number of hydrogen-bond acceptors (Lipinski definition) is 6. The minimum atomic E-state index is 0.00650. The van der Waals surface area contributed by atoms with Crippen LogP contribution >= 0.6 is 23.5 Å². The predicted molar refractivity (Wildman–Crippen MR) is 103 cm³/mol. The van der Waals surface area contributed by atoms with Crippen molar-refractivity contribution in [1.29, 1.82) is 0 Å². The number of rotatable bonds is 9. The van der Waals surface area contributed by atoms with E-state index in [0.717, 1.165) is 16.9 Å². The third-order valence-corrected chi connectivity index (χ3v) is 5.67. The lowest BCUT2D eigenvalue weighted by Gasteiger charge is -2.13. The number of hydrogen-bond donors (Lipinski definition) is 1. The van der Waals surface area contributed by atoms with Gasteiger partial charge in [0.15, 0.2) is 10.2 Å². The zero-order valence-corrected chi connectivity index (χ0v) is 16.5. The van der Waals surface area contributed by atoms with Crippen molar-refractivity contribution in [2.75, 3.05) is 13.2 Å². The van der Waals surface area contributed by atoms with Crippen LogP contribution < -0.4 is 10.5 Å². The van der Waals surface area contributed by atoms with Gasteiger partial charge < -0.3 is 10.5 Å². The van der Waals surface area contributed by atoms with Crippen molar-refractivity contribution in [1.82, 2.24) is 0 Å². The Hall–Kier alpha value is -0.980. The van der Waals surface area contributed by atoms with Crippen molar-refractivity contribution >= 4 is 33.8 Å². The average molecular weight is 370 g/mol. The second-order valence-corrected chi connectivity index (χ2v) is 8.05. The monoisotopic (exact) mass is 369 g/mol. The molecule has 0 aliphatic heterocycles. The van der Waals surface area contributed by atoms with Crippen molar-refractivity contribution in [3.05, 3.63) is 29.3 Å². The van der Waals surface area contributed by atoms with Crippen molar-refractivity contribution < 1.29 is 14.3 Å². The van der Waals surface area contributed by atoms with Crippen LogP contribution in [-0.4, -0.2) is 23.4 Å². The normalized spacial score (nSPS) is 11.1. The second-order valence-electron chi connectivity index (χ2n) is 6.09. The summed E-state index contributed by atoms with van der Waals surface area (Å²) in [7, 11) is 0. The third kappa shape index (κ3) is 7.28. The van der Waals surface area contributed by atoms with Gasteiger partial charge >= 0.3 is 0 Å². The Kier molecular flexibility index (Phi) is 9.48. The summed E-state index contributed by atoms with van der Waals surface area (Å²) in [4.78, 5) is 23.8. The Balaban J connectivity index is 2.86. The van der Waals surface area contributed by atoms with E-state index in [1.54, 1.807) is 0 Å². The SMILES string of the molecule is CC(C)C(=O)SCc1ccc(OCCN)cc1CSC(=O)C(C)C. The molecule has 2 N–H and O–H groups in total. The van der Waals surface area contributed by atoms with Gasteiger partial charge in [-0.15, -0.1) is 0 Å². The van der Waals surface area contributed by atoms with E-state index in [1.807, 2.05) is 45.9 Å². The maximum Gasteiger partial charge on any atom is 0.191 e. The standard InChI is InChI=1S/C18H27NO3S2/c1-12(2)17(20)23-10-14-5-6-16(22-8-7-19)9-15(14)11-24-18(21)13(3)4/h5-6,9,12-13H,7-8,10-11,19H2,1-4H3. The molecule has 0 saturated heterocycles. The van der Waals surface area contributed by atoms with Crippen LogP contribution in [0.2, 0.25) is 0 Å². The molecular weight excluding hydrogens is 342 g/mol. The molecule has 0 heterocycles. The first-order valence-corrected chi connectivity index (χ1v) is 10.1. The predicted octanol–water partition coefficient (Wildman–Crippen LogP) is 3.86. The highest BCUT2D eigenvalue weighted by Crippen LogP contribution is 2.28. The number of carbonyl (C=O) groups is 2. The van der Waals surface area contributed by atoms with Crippen molar-refractivity contribution in [2.45, 2.75) is 39.2 Å². The summed E-state index contributed by atoms with van der Waals surface area (Å²) in [5, 5.41) is 0.343. The fourth-order valence-electron chi connectivity index (χ4n) is 1.78. The number of ether oxygens (including phenoxy) is 1. The number of thioether (sulfide) groups is 2. The Morgan fingerprint density at radius 2 is 1.54 bits per heavy atom. The molecule has 0 spiro atoms. The summed E-state index contributed by atoms with van der Waals surface area (Å²) >= 11 is 2.63. The number of nitrogens with two attached hydrogens (primary N) is 1. The largest absolute Gasteiger partial charge is 0.492 e. The first kappa shape index (κ1) is 21.1. The van der Waals surface area contributed by atoms with E-state index >= 15 is 0 Å². The molecule has 134 valence electrons. The molecule has 1 rings (SSSR count). The Morgan fingerprint density at radius 1 is 1.00 bits per heavy atom. The fraction of sp³-hybridized carbons (Fsp3) is 0.556. The van der Waals surface area contributed by atoms with E-state index < -0.39 is 0 Å². The topological polar surface area (TPSA) is 69.4 Å². The molecule has 6 heteroatoms. The van der Waals surface area contributed by atoms with Gasteiger partial charge in [0.25, 0.3) is 0 Å². The van der Waals surface area contributed by atoms with E-state index in [4.69, 9.17) is 10.5 Å². The van der Waals surface area contributed by atoms with Gasteiger partial charge in [0.1, 0.15) is 12.4 Å². The molecule has 0 aliphatic rings. The van der Waals surface area contributed by atoms with Crippen LogP contribution in [0.25, 0.3) is 0 Å². The molecule has 0 bridgehead atoms. The summed E-state index contributed by atoms with van der Waals surface area (Å²) in [6.45, 7) is 8.50. The fourth-order valence-corrected chi connectivity index (χ4v) is 3.59. The summed E-state index contributed by atoms with van der Waals surface area (Å²) in [5.41, 5.74) is 7.57. The maximum atomic E-state index is 11.9. The van der Waals surface area contributed by atoms with E-state index in [2.05, 4.69) is 0 Å². The minimum Gasteiger partial charge on any atom is -0.492 e. The zero-order valence-electron chi connectivity index (χ0n) is 14.8. The summed E-state index contributed by atoms with van der Waals surface area (Å²) in [5.74, 6) is 1.97. The highest BCUT2D eigenvalue weighted by molar-refractivity contribution is 8.13. The maximum absolute atomic E-state index is 11.9. The molecule has 4 nitrogen and oxygen atoms in total. The Labute approximate surface area is 153 Å². The summed E-state index contributed by atoms with van der Waals surface area (Å²) < 4.78 is 5.58. The number of benzene rings is 1. The van der Waals surface area contributed by atoms with Crippen molar-refractivity contribution in [3.63, 3.8) is 0 Å². The first-order valence-electron chi connectivity index (χ1n) is 8.13. The van der Waals surface area contributed by atoms with Crippen LogP contribution in [0.15, 0.2) is 18.2 Å². The van der Waals surface area contributed by atoms with E-state index in [9.17, 15) is 9.59 Å². The molecule has 0 atom stereocenters. The molecular formula is C18H27NO3S2. The lowest BCUT2D eigenvalue weighted by Crippen LogP contribution is -2.11. The van der Waals surface area contributed by atoms with Crippen molar-refractivity contribution in [3.8, 4) is 5.75 Å². The highest BCUT2D eigenvalue weighted by Gasteiger charge is 2.14. The number of carbonyl (C=O) groups excluding carboxylic acids is 2. The van der Waals surface area contributed by atoms with Crippen LogP contribution in [0.3, 0.4) is 0 Å². The smallest absolute Gasteiger partial charge is 0.191 e. The molecule has 24 heavy (non-hydrogen) atoms. The molecule has 0 radical (unpaired) electrons. The van der Waals surface area contributed by atoms with Gasteiger partial charge in [-0.05, 0) is 23.3 Å². The Morgan fingerprint density at radius 3 is 2.04 bits per heavy atom. The second kappa shape index (κ2) is 10.8. The first-order chi connectivity index (χ1) is 11.3. The van der Waals surface area contributed by atoms with Gasteiger partial charge in [-0.1, -0.05) is 57.3 Å². The van der Waals surface area contributed by atoms with E-state index in [1.165, 1.54) is 23.5 Å². The van der Waals surface area contributed by atoms with Gasteiger partial charge in [-0.25, -0.2) is 0 Å². The quantitative estimate of drug-likeness (QED) is 0.713. The van der Waals surface area contributed by atoms with Gasteiger partial charge in [0, 0.05) is 29.9 Å². The molecule has 0 aromatic heterocycles. The van der Waals surface area contributed by atoms with Crippen molar-refractivity contribution in [2.24, 2.45) is 17.6 Å². The Bertz CT molecular complexity index is 559. The van der Waals surface area contributed by atoms with E-state index in [-0.39, 0.29) is 22.1 Å². The molecule has 0 fully saturated rings. The molecule has 0 aliphatic carbocycles. The third-order valence-electron chi connectivity index (χ3n) is 3.25. The molecule has 0 unspecified atom stereocenters. The zero-order chi connectivity index (χ0) is 18.1. The van der Waals surface area contributed by atoms with E-state index in [0.29, 0.717) is 24.7 Å². The van der Waals surface area contributed by atoms with Gasteiger partial charge in [-0.2, -0.15) is 0 Å². The van der Waals surface area contributed by atoms with Crippen LogP contribution in [0.4, 0.5) is 0 Å². The van der Waals surface area contributed by atoms with Gasteiger partial charge in [0.2, 0.25) is 0 Å². The molecule has 1 aromatic carbocycles. The average Bonchev–Trinajstić information content (AvgIpc) is 2.55. The molecule has 0 saturated carbocycles. The van der Waals surface area contributed by atoms with Gasteiger partial charge in [0.05, 0.1) is 0 Å². The summed E-state index contributed by atoms with van der Waals surface area (Å²) in [6.07, 6.45) is 0. The molecule has 0 amide bonds. The van der Waals surface area contributed by atoms with Crippen LogP contribution in [0.1, 0.15) is 38.8 Å².